The predicted molar refractivity (Wildman–Crippen MR) is 84.3 cm³/mol. The van der Waals surface area contributed by atoms with E-state index < -0.39 is 6.10 Å². The second-order valence-corrected chi connectivity index (χ2v) is 6.28. The number of nitrogens with zero attached hydrogens (tertiary/aromatic N) is 1. The van der Waals surface area contributed by atoms with Gasteiger partial charge >= 0.3 is 0 Å². The van der Waals surface area contributed by atoms with Crippen LogP contribution in [0.2, 0.25) is 0 Å². The zero-order valence-electron chi connectivity index (χ0n) is 13.7. The van der Waals surface area contributed by atoms with Crippen LogP contribution in [0.3, 0.4) is 0 Å². The Morgan fingerprint density at radius 2 is 1.95 bits per heavy atom. The minimum Gasteiger partial charge on any atom is -0.497 e. The fourth-order valence-electron chi connectivity index (χ4n) is 2.55. The van der Waals surface area contributed by atoms with Crippen molar-refractivity contribution < 1.29 is 9.84 Å². The molecule has 0 aliphatic heterocycles. The van der Waals surface area contributed by atoms with Gasteiger partial charge in [0.05, 0.1) is 13.2 Å². The third kappa shape index (κ3) is 4.50. The molecule has 0 saturated heterocycles. The van der Waals surface area contributed by atoms with Crippen LogP contribution in [-0.2, 0) is 0 Å². The van der Waals surface area contributed by atoms with Crippen LogP contribution in [0, 0.1) is 6.92 Å². The summed E-state index contributed by atoms with van der Waals surface area (Å²) in [5.41, 5.74) is 2.22. The number of hydrogen-bond donors (Lipinski definition) is 1. The zero-order chi connectivity index (χ0) is 15.3. The molecule has 0 bridgehead atoms. The van der Waals surface area contributed by atoms with Gasteiger partial charge in [-0.25, -0.2) is 0 Å². The lowest BCUT2D eigenvalue weighted by molar-refractivity contribution is 0.0994. The summed E-state index contributed by atoms with van der Waals surface area (Å²) in [5.74, 6) is 0.836. The van der Waals surface area contributed by atoms with Crippen LogP contribution < -0.4 is 4.74 Å². The summed E-state index contributed by atoms with van der Waals surface area (Å²) in [5, 5.41) is 10.4. The summed E-state index contributed by atoms with van der Waals surface area (Å²) in [6, 6.07) is 5.85. The van der Waals surface area contributed by atoms with Crippen LogP contribution >= 0.6 is 0 Å². The standard InChI is InChI=1S/C17H29NO2/c1-7-18(17(3,4)5)11-10-16(19)15-9-8-14(20-6)12-13(15)2/h8-9,12,16,19H,7,10-11H2,1-6H3. The molecule has 0 fully saturated rings. The second-order valence-electron chi connectivity index (χ2n) is 6.28. The maximum Gasteiger partial charge on any atom is 0.119 e. The fraction of sp³-hybridized carbons (Fsp3) is 0.647. The molecule has 1 N–H and O–H groups in total. The molecule has 0 amide bonds. The first kappa shape index (κ1) is 17.0. The van der Waals surface area contributed by atoms with Gasteiger partial charge in [-0.05, 0) is 63.9 Å². The quantitative estimate of drug-likeness (QED) is 0.864. The topological polar surface area (TPSA) is 32.7 Å². The summed E-state index contributed by atoms with van der Waals surface area (Å²) >= 11 is 0. The van der Waals surface area contributed by atoms with Crippen molar-refractivity contribution >= 4 is 0 Å². The molecule has 0 spiro atoms. The number of aliphatic hydroxyl groups excluding tert-OH is 1. The Bertz CT molecular complexity index is 423. The largest absolute Gasteiger partial charge is 0.497 e. The zero-order valence-corrected chi connectivity index (χ0v) is 13.7. The van der Waals surface area contributed by atoms with Gasteiger partial charge in [0, 0.05) is 12.1 Å². The first-order chi connectivity index (χ1) is 9.29. The van der Waals surface area contributed by atoms with Gasteiger partial charge in [0.15, 0.2) is 0 Å². The van der Waals surface area contributed by atoms with Crippen molar-refractivity contribution in [1.29, 1.82) is 0 Å². The van der Waals surface area contributed by atoms with Gasteiger partial charge in [-0.15, -0.1) is 0 Å². The van der Waals surface area contributed by atoms with Gasteiger partial charge in [0.25, 0.3) is 0 Å². The number of aryl methyl sites for hydroxylation is 1. The third-order valence-corrected chi connectivity index (χ3v) is 3.84. The van der Waals surface area contributed by atoms with E-state index in [4.69, 9.17) is 4.74 Å². The van der Waals surface area contributed by atoms with Gasteiger partial charge < -0.3 is 9.84 Å². The lowest BCUT2D eigenvalue weighted by atomic mass is 9.99. The lowest BCUT2D eigenvalue weighted by Crippen LogP contribution is -2.42. The van der Waals surface area contributed by atoms with E-state index in [0.717, 1.165) is 36.4 Å². The van der Waals surface area contributed by atoms with Crippen LogP contribution in [0.1, 0.15) is 51.3 Å². The second kappa shape index (κ2) is 7.09. The van der Waals surface area contributed by atoms with Gasteiger partial charge in [-0.1, -0.05) is 13.0 Å². The lowest BCUT2D eigenvalue weighted by Gasteiger charge is -2.35. The SMILES string of the molecule is CCN(CCC(O)c1ccc(OC)cc1C)C(C)(C)C. The molecule has 1 aromatic rings. The summed E-state index contributed by atoms with van der Waals surface area (Å²) < 4.78 is 5.20. The molecule has 114 valence electrons. The first-order valence-corrected chi connectivity index (χ1v) is 7.37. The minimum absolute atomic E-state index is 0.142. The highest BCUT2D eigenvalue weighted by molar-refractivity contribution is 5.36. The molecule has 0 heterocycles. The molecule has 3 nitrogen and oxygen atoms in total. The average molecular weight is 279 g/mol. The van der Waals surface area contributed by atoms with Crippen molar-refractivity contribution in [3.63, 3.8) is 0 Å². The third-order valence-electron chi connectivity index (χ3n) is 3.84. The van der Waals surface area contributed by atoms with Gasteiger partial charge in [0.2, 0.25) is 0 Å². The Balaban J connectivity index is 2.69. The van der Waals surface area contributed by atoms with E-state index in [0.29, 0.717) is 0 Å². The number of aliphatic hydroxyl groups is 1. The Morgan fingerprint density at radius 1 is 1.30 bits per heavy atom. The molecule has 0 saturated carbocycles. The van der Waals surface area contributed by atoms with Crippen molar-refractivity contribution in [2.24, 2.45) is 0 Å². The predicted octanol–water partition coefficient (Wildman–Crippen LogP) is 3.55. The number of benzene rings is 1. The van der Waals surface area contributed by atoms with Crippen LogP contribution in [0.4, 0.5) is 0 Å². The highest BCUT2D eigenvalue weighted by Crippen LogP contribution is 2.25. The van der Waals surface area contributed by atoms with E-state index in [1.165, 1.54) is 0 Å². The van der Waals surface area contributed by atoms with E-state index in [1.807, 2.05) is 25.1 Å². The minimum atomic E-state index is -0.419. The van der Waals surface area contributed by atoms with E-state index in [-0.39, 0.29) is 5.54 Å². The van der Waals surface area contributed by atoms with Gasteiger partial charge in [0.1, 0.15) is 5.75 Å². The van der Waals surface area contributed by atoms with Crippen molar-refractivity contribution in [3.05, 3.63) is 29.3 Å². The average Bonchev–Trinajstić information content (AvgIpc) is 2.37. The summed E-state index contributed by atoms with van der Waals surface area (Å²) in [6.07, 6.45) is 0.329. The molecular formula is C17H29NO2. The molecule has 1 aromatic carbocycles. The Kier molecular flexibility index (Phi) is 6.03. The molecule has 1 rings (SSSR count). The molecule has 1 atom stereocenters. The monoisotopic (exact) mass is 279 g/mol. The van der Waals surface area contributed by atoms with Crippen LogP contribution in [0.25, 0.3) is 0 Å². The number of ether oxygens (including phenoxy) is 1. The Hall–Kier alpha value is -1.06. The van der Waals surface area contributed by atoms with E-state index in [1.54, 1.807) is 7.11 Å². The van der Waals surface area contributed by atoms with Gasteiger partial charge in [-0.3, -0.25) is 4.90 Å². The maximum atomic E-state index is 10.4. The normalized spacial score (nSPS) is 13.6. The van der Waals surface area contributed by atoms with Crippen molar-refractivity contribution in [2.45, 2.75) is 52.7 Å². The van der Waals surface area contributed by atoms with Crippen molar-refractivity contribution in [2.75, 3.05) is 20.2 Å². The van der Waals surface area contributed by atoms with E-state index in [9.17, 15) is 5.11 Å². The number of rotatable bonds is 6. The number of hydrogen-bond acceptors (Lipinski definition) is 3. The molecule has 0 aromatic heterocycles. The molecule has 20 heavy (non-hydrogen) atoms. The fourth-order valence-corrected chi connectivity index (χ4v) is 2.55. The maximum absolute atomic E-state index is 10.4. The molecule has 0 aliphatic carbocycles. The summed E-state index contributed by atoms with van der Waals surface area (Å²) in [6.45, 7) is 12.7. The molecular weight excluding hydrogens is 250 g/mol. The van der Waals surface area contributed by atoms with Crippen molar-refractivity contribution in [3.8, 4) is 5.75 Å². The molecule has 0 radical (unpaired) electrons. The van der Waals surface area contributed by atoms with Crippen LogP contribution in [-0.4, -0.2) is 35.7 Å². The summed E-state index contributed by atoms with van der Waals surface area (Å²) in [7, 11) is 1.66. The molecule has 1 unspecified atom stereocenters. The number of methoxy groups -OCH3 is 1. The highest BCUT2D eigenvalue weighted by atomic mass is 16.5. The van der Waals surface area contributed by atoms with Gasteiger partial charge in [-0.2, -0.15) is 0 Å². The first-order valence-electron chi connectivity index (χ1n) is 7.37. The molecule has 3 heteroatoms. The van der Waals surface area contributed by atoms with Crippen molar-refractivity contribution in [1.82, 2.24) is 4.90 Å². The molecule has 0 aliphatic rings. The van der Waals surface area contributed by atoms with E-state index >= 15 is 0 Å². The Labute approximate surface area is 123 Å². The highest BCUT2D eigenvalue weighted by Gasteiger charge is 2.21. The smallest absolute Gasteiger partial charge is 0.119 e. The van der Waals surface area contributed by atoms with E-state index in [2.05, 4.69) is 32.6 Å². The summed E-state index contributed by atoms with van der Waals surface area (Å²) in [4.78, 5) is 2.38. The van der Waals surface area contributed by atoms with Crippen LogP contribution in [0.15, 0.2) is 18.2 Å². The Morgan fingerprint density at radius 3 is 2.40 bits per heavy atom. The van der Waals surface area contributed by atoms with Crippen LogP contribution in [0.5, 0.6) is 5.75 Å².